The maximum atomic E-state index is 11.9. The van der Waals surface area contributed by atoms with Gasteiger partial charge in [0.1, 0.15) is 5.75 Å². The van der Waals surface area contributed by atoms with E-state index in [0.717, 1.165) is 5.56 Å². The number of anilines is 1. The maximum absolute atomic E-state index is 11.9. The number of nitrogens with zero attached hydrogens (tertiary/aromatic N) is 1. The van der Waals surface area contributed by atoms with Crippen LogP contribution in [0.3, 0.4) is 0 Å². The minimum atomic E-state index is -0.158. The van der Waals surface area contributed by atoms with Crippen LogP contribution in [0.25, 0.3) is 0 Å². The Kier molecular flexibility index (Phi) is 5.54. The molecule has 0 aliphatic carbocycles. The van der Waals surface area contributed by atoms with E-state index in [-0.39, 0.29) is 30.8 Å². The van der Waals surface area contributed by atoms with Crippen molar-refractivity contribution in [1.82, 2.24) is 10.3 Å². The highest BCUT2D eigenvalue weighted by molar-refractivity contribution is 5.95. The third-order valence-electron chi connectivity index (χ3n) is 3.30. The smallest absolute Gasteiger partial charge is 0.262 e. The van der Waals surface area contributed by atoms with Crippen LogP contribution in [0.5, 0.6) is 5.75 Å². The summed E-state index contributed by atoms with van der Waals surface area (Å²) in [7, 11) is 0. The topological polar surface area (TPSA) is 80.3 Å². The molecule has 23 heavy (non-hydrogen) atoms. The van der Waals surface area contributed by atoms with Crippen LogP contribution >= 0.6 is 12.4 Å². The van der Waals surface area contributed by atoms with E-state index in [1.54, 1.807) is 18.3 Å². The Morgan fingerprint density at radius 3 is 3.00 bits per heavy atom. The van der Waals surface area contributed by atoms with Crippen molar-refractivity contribution in [2.45, 2.75) is 6.42 Å². The number of ether oxygens (including phenoxy) is 1. The molecule has 1 aliphatic heterocycles. The third kappa shape index (κ3) is 4.20. The first kappa shape index (κ1) is 16.8. The fraction of sp³-hybridized carbons (Fsp3) is 0.188. The molecular formula is C16H16ClN3O3. The normalized spacial score (nSPS) is 12.3. The first-order valence-corrected chi connectivity index (χ1v) is 6.96. The van der Waals surface area contributed by atoms with Crippen molar-refractivity contribution in [3.63, 3.8) is 0 Å². The van der Waals surface area contributed by atoms with Crippen molar-refractivity contribution in [2.75, 3.05) is 18.5 Å². The Morgan fingerprint density at radius 1 is 1.35 bits per heavy atom. The summed E-state index contributed by atoms with van der Waals surface area (Å²) in [5, 5.41) is 5.60. The summed E-state index contributed by atoms with van der Waals surface area (Å²) < 4.78 is 5.30. The van der Waals surface area contributed by atoms with Gasteiger partial charge in [-0.15, -0.1) is 12.4 Å². The van der Waals surface area contributed by atoms with Gasteiger partial charge in [-0.2, -0.15) is 0 Å². The van der Waals surface area contributed by atoms with E-state index in [2.05, 4.69) is 15.6 Å². The summed E-state index contributed by atoms with van der Waals surface area (Å²) in [6.45, 7) is 0.550. The molecule has 0 bridgehead atoms. The number of benzene rings is 1. The van der Waals surface area contributed by atoms with Crippen LogP contribution in [0.4, 0.5) is 5.69 Å². The average Bonchev–Trinajstić information content (AvgIpc) is 2.55. The number of carbonyl (C=O) groups excluding carboxylic acids is 2. The largest absolute Gasteiger partial charge is 0.482 e. The Morgan fingerprint density at radius 2 is 2.22 bits per heavy atom. The van der Waals surface area contributed by atoms with E-state index < -0.39 is 0 Å². The van der Waals surface area contributed by atoms with Gasteiger partial charge in [0.25, 0.3) is 11.8 Å². The van der Waals surface area contributed by atoms with Crippen LogP contribution < -0.4 is 15.4 Å². The van der Waals surface area contributed by atoms with Crippen LogP contribution in [0.1, 0.15) is 15.9 Å². The van der Waals surface area contributed by atoms with Crippen molar-refractivity contribution in [2.24, 2.45) is 0 Å². The highest BCUT2D eigenvalue weighted by atomic mass is 35.5. The van der Waals surface area contributed by atoms with Crippen molar-refractivity contribution in [1.29, 1.82) is 0 Å². The number of hydrogen-bond acceptors (Lipinski definition) is 4. The van der Waals surface area contributed by atoms with E-state index in [4.69, 9.17) is 4.74 Å². The molecule has 6 nitrogen and oxygen atoms in total. The molecule has 0 radical (unpaired) electrons. The van der Waals surface area contributed by atoms with E-state index >= 15 is 0 Å². The summed E-state index contributed by atoms with van der Waals surface area (Å²) in [5.41, 5.74) is 2.22. The maximum Gasteiger partial charge on any atom is 0.262 e. The number of rotatable bonds is 4. The van der Waals surface area contributed by atoms with Gasteiger partial charge >= 0.3 is 0 Å². The highest BCUT2D eigenvalue weighted by Crippen LogP contribution is 2.28. The third-order valence-corrected chi connectivity index (χ3v) is 3.30. The molecule has 0 fully saturated rings. The fourth-order valence-corrected chi connectivity index (χ4v) is 2.21. The Balaban J connectivity index is 0.00000192. The zero-order valence-corrected chi connectivity index (χ0v) is 13.1. The zero-order valence-electron chi connectivity index (χ0n) is 12.2. The van der Waals surface area contributed by atoms with Gasteiger partial charge in [-0.1, -0.05) is 6.07 Å². The van der Waals surface area contributed by atoms with Crippen LogP contribution in [-0.4, -0.2) is 29.9 Å². The molecule has 0 saturated heterocycles. The Labute approximate surface area is 139 Å². The lowest BCUT2D eigenvalue weighted by Crippen LogP contribution is -2.26. The van der Waals surface area contributed by atoms with Gasteiger partial charge in [0.15, 0.2) is 6.61 Å². The Hall–Kier alpha value is -2.60. The molecule has 0 spiro atoms. The SMILES string of the molecule is Cl.O=C1COc2ccc(CCNC(=O)c3cccnc3)cc2N1. The van der Waals surface area contributed by atoms with E-state index in [0.29, 0.717) is 30.0 Å². The lowest BCUT2D eigenvalue weighted by Gasteiger charge is -2.18. The molecular weight excluding hydrogens is 318 g/mol. The van der Waals surface area contributed by atoms with Crippen LogP contribution in [0.15, 0.2) is 42.7 Å². The zero-order chi connectivity index (χ0) is 15.4. The number of fused-ring (bicyclic) bond motifs is 1. The van der Waals surface area contributed by atoms with Crippen molar-refractivity contribution < 1.29 is 14.3 Å². The number of hydrogen-bond donors (Lipinski definition) is 2. The van der Waals surface area contributed by atoms with Gasteiger partial charge in [0.05, 0.1) is 11.3 Å². The fourth-order valence-electron chi connectivity index (χ4n) is 2.21. The molecule has 1 aliphatic rings. The predicted octanol–water partition coefficient (Wildman–Crippen LogP) is 1.81. The summed E-state index contributed by atoms with van der Waals surface area (Å²) in [4.78, 5) is 27.1. The monoisotopic (exact) mass is 333 g/mol. The molecule has 1 aromatic heterocycles. The van der Waals surface area contributed by atoms with Crippen molar-refractivity contribution >= 4 is 29.9 Å². The summed E-state index contributed by atoms with van der Waals surface area (Å²) in [6, 6.07) is 9.05. The molecule has 7 heteroatoms. The molecule has 0 saturated carbocycles. The molecule has 0 unspecified atom stereocenters. The second kappa shape index (κ2) is 7.60. The number of nitrogens with one attached hydrogen (secondary N) is 2. The standard InChI is InChI=1S/C16H15N3O3.ClH/c20-15-10-22-14-4-3-11(8-13(14)19-15)5-7-18-16(21)12-2-1-6-17-9-12;/h1-4,6,8-9H,5,7,10H2,(H,18,21)(H,19,20);1H. The Bertz CT molecular complexity index is 707. The van der Waals surface area contributed by atoms with Gasteiger partial charge < -0.3 is 15.4 Å². The van der Waals surface area contributed by atoms with Crippen molar-refractivity contribution in [3.05, 3.63) is 53.9 Å². The lowest BCUT2D eigenvalue weighted by atomic mass is 10.1. The quantitative estimate of drug-likeness (QED) is 0.894. The molecule has 3 rings (SSSR count). The number of amides is 2. The number of pyridine rings is 1. The van der Waals surface area contributed by atoms with Gasteiger partial charge in [0, 0.05) is 18.9 Å². The molecule has 2 amide bonds. The molecule has 2 aromatic rings. The number of carbonyl (C=O) groups is 2. The van der Waals surface area contributed by atoms with Crippen LogP contribution in [-0.2, 0) is 11.2 Å². The second-order valence-electron chi connectivity index (χ2n) is 4.91. The number of aromatic nitrogens is 1. The molecule has 1 aromatic carbocycles. The minimum absolute atomic E-state index is 0. The highest BCUT2D eigenvalue weighted by Gasteiger charge is 2.15. The summed E-state index contributed by atoms with van der Waals surface area (Å²) in [6.07, 6.45) is 3.82. The summed E-state index contributed by atoms with van der Waals surface area (Å²) >= 11 is 0. The molecule has 2 N–H and O–H groups in total. The van der Waals surface area contributed by atoms with Gasteiger partial charge in [-0.25, -0.2) is 0 Å². The van der Waals surface area contributed by atoms with Gasteiger partial charge in [0.2, 0.25) is 0 Å². The number of halogens is 1. The first-order chi connectivity index (χ1) is 10.7. The molecule has 2 heterocycles. The van der Waals surface area contributed by atoms with Crippen LogP contribution in [0, 0.1) is 0 Å². The average molecular weight is 334 g/mol. The lowest BCUT2D eigenvalue weighted by molar-refractivity contribution is -0.118. The van der Waals surface area contributed by atoms with Crippen LogP contribution in [0.2, 0.25) is 0 Å². The first-order valence-electron chi connectivity index (χ1n) is 6.96. The summed E-state index contributed by atoms with van der Waals surface area (Å²) in [5.74, 6) is 0.361. The second-order valence-corrected chi connectivity index (χ2v) is 4.91. The van der Waals surface area contributed by atoms with Gasteiger partial charge in [-0.3, -0.25) is 14.6 Å². The van der Waals surface area contributed by atoms with Gasteiger partial charge in [-0.05, 0) is 36.2 Å². The minimum Gasteiger partial charge on any atom is -0.482 e. The molecule has 120 valence electrons. The molecule has 0 atom stereocenters. The van der Waals surface area contributed by atoms with E-state index in [1.807, 2.05) is 18.2 Å². The van der Waals surface area contributed by atoms with E-state index in [9.17, 15) is 9.59 Å². The van der Waals surface area contributed by atoms with Crippen molar-refractivity contribution in [3.8, 4) is 5.75 Å². The predicted molar refractivity (Wildman–Crippen MR) is 88.1 cm³/mol. The van der Waals surface area contributed by atoms with E-state index in [1.165, 1.54) is 6.20 Å².